The highest BCUT2D eigenvalue weighted by molar-refractivity contribution is 7.99. The van der Waals surface area contributed by atoms with Gasteiger partial charge in [-0.15, -0.1) is 21.5 Å². The average molecular weight is 402 g/mol. The first-order valence-corrected chi connectivity index (χ1v) is 10.7. The van der Waals surface area contributed by atoms with Gasteiger partial charge in [-0.2, -0.15) is 0 Å². The van der Waals surface area contributed by atoms with Gasteiger partial charge in [0.15, 0.2) is 16.8 Å². The Kier molecular flexibility index (Phi) is 6.68. The number of Topliss-reactive ketones (excluding diaryl/α,β-unsaturated/α-hetero) is 1. The summed E-state index contributed by atoms with van der Waals surface area (Å²) in [5.41, 5.74) is 0.992. The molecule has 0 unspecified atom stereocenters. The molecule has 0 spiro atoms. The Hall–Kier alpha value is -2.12. The molecule has 0 saturated carbocycles. The third kappa shape index (κ3) is 4.78. The summed E-state index contributed by atoms with van der Waals surface area (Å²) in [5, 5.41) is 9.53. The summed E-state index contributed by atoms with van der Waals surface area (Å²) in [5.74, 6) is 2.14. The highest BCUT2D eigenvalue weighted by atomic mass is 32.2. The summed E-state index contributed by atoms with van der Waals surface area (Å²) >= 11 is 2.99. The number of thioether (sulfide) groups is 1. The van der Waals surface area contributed by atoms with Gasteiger partial charge < -0.3 is 9.30 Å². The van der Waals surface area contributed by atoms with Crippen molar-refractivity contribution in [1.29, 1.82) is 0 Å². The van der Waals surface area contributed by atoms with Gasteiger partial charge in [-0.1, -0.05) is 25.1 Å². The van der Waals surface area contributed by atoms with Crippen molar-refractivity contribution in [3.63, 3.8) is 0 Å². The monoisotopic (exact) mass is 401 g/mol. The summed E-state index contributed by atoms with van der Waals surface area (Å²) in [6.07, 6.45) is 2.12. The van der Waals surface area contributed by atoms with Crippen molar-refractivity contribution in [2.45, 2.75) is 38.4 Å². The van der Waals surface area contributed by atoms with Crippen LogP contribution in [0, 0.1) is 6.92 Å². The van der Waals surface area contributed by atoms with Crippen molar-refractivity contribution in [2.75, 3.05) is 12.9 Å². The highest BCUT2D eigenvalue weighted by Crippen LogP contribution is 2.27. The molecular weight excluding hydrogens is 378 g/mol. The van der Waals surface area contributed by atoms with E-state index in [1.165, 1.54) is 23.1 Å². The van der Waals surface area contributed by atoms with Gasteiger partial charge in [0, 0.05) is 17.0 Å². The third-order valence-corrected chi connectivity index (χ3v) is 6.16. The normalized spacial score (nSPS) is 10.9. The predicted molar refractivity (Wildman–Crippen MR) is 111 cm³/mol. The van der Waals surface area contributed by atoms with Crippen LogP contribution in [0.3, 0.4) is 0 Å². The molecule has 142 valence electrons. The maximum atomic E-state index is 12.4. The number of rotatable bonds is 9. The molecule has 7 heteroatoms. The van der Waals surface area contributed by atoms with Crippen LogP contribution in [-0.2, 0) is 6.54 Å². The Morgan fingerprint density at radius 3 is 2.59 bits per heavy atom. The number of nitrogens with zero attached hydrogens (tertiary/aromatic N) is 3. The second-order valence-electron chi connectivity index (χ2n) is 6.16. The van der Waals surface area contributed by atoms with E-state index in [0.29, 0.717) is 5.75 Å². The number of carbonyl (C=O) groups excluding carboxylic acids is 1. The molecule has 0 N–H and O–H groups in total. The van der Waals surface area contributed by atoms with E-state index in [4.69, 9.17) is 4.74 Å². The molecule has 27 heavy (non-hydrogen) atoms. The lowest BCUT2D eigenvalue weighted by Crippen LogP contribution is -2.05. The van der Waals surface area contributed by atoms with E-state index in [0.717, 1.165) is 51.4 Å². The molecule has 2 heterocycles. The van der Waals surface area contributed by atoms with Crippen LogP contribution in [0.1, 0.15) is 34.3 Å². The minimum Gasteiger partial charge on any atom is -0.497 e. The second kappa shape index (κ2) is 9.19. The Morgan fingerprint density at radius 1 is 1.19 bits per heavy atom. The van der Waals surface area contributed by atoms with E-state index in [9.17, 15) is 4.79 Å². The molecule has 0 amide bonds. The average Bonchev–Trinajstić information content (AvgIpc) is 3.30. The topological polar surface area (TPSA) is 57.0 Å². The van der Waals surface area contributed by atoms with Crippen LogP contribution in [0.5, 0.6) is 5.75 Å². The van der Waals surface area contributed by atoms with Gasteiger partial charge in [-0.25, -0.2) is 0 Å². The molecular formula is C20H23N3O2S2. The van der Waals surface area contributed by atoms with Crippen LogP contribution >= 0.6 is 23.1 Å². The van der Waals surface area contributed by atoms with Crippen LogP contribution in [0.15, 0.2) is 41.6 Å². The van der Waals surface area contributed by atoms with Gasteiger partial charge in [0.1, 0.15) is 5.75 Å². The smallest absolute Gasteiger partial charge is 0.191 e. The number of ether oxygens (including phenoxy) is 1. The number of hydrogen-bond acceptors (Lipinski definition) is 6. The molecule has 0 saturated heterocycles. The van der Waals surface area contributed by atoms with Crippen molar-refractivity contribution in [2.24, 2.45) is 0 Å². The molecule has 5 nitrogen and oxygen atoms in total. The van der Waals surface area contributed by atoms with Crippen LogP contribution < -0.4 is 4.74 Å². The standard InChI is InChI=1S/C20H23N3O2S2/c1-4-5-12-23-19(15-7-9-16(25-3)10-8-15)21-22-20(23)26-13-17(24)18-11-6-14(2)27-18/h6-11H,4-5,12-13H2,1-3H3. The van der Waals surface area contributed by atoms with Gasteiger partial charge >= 0.3 is 0 Å². The van der Waals surface area contributed by atoms with Crippen LogP contribution in [-0.4, -0.2) is 33.4 Å². The zero-order chi connectivity index (χ0) is 19.2. The van der Waals surface area contributed by atoms with Crippen molar-refractivity contribution in [1.82, 2.24) is 14.8 Å². The number of aryl methyl sites for hydroxylation is 1. The number of hydrogen-bond donors (Lipinski definition) is 0. The molecule has 0 radical (unpaired) electrons. The molecule has 0 bridgehead atoms. The van der Waals surface area contributed by atoms with Crippen LogP contribution in [0.25, 0.3) is 11.4 Å². The van der Waals surface area contributed by atoms with Crippen LogP contribution in [0.4, 0.5) is 0 Å². The van der Waals surface area contributed by atoms with Crippen LogP contribution in [0.2, 0.25) is 0 Å². The largest absolute Gasteiger partial charge is 0.497 e. The third-order valence-electron chi connectivity index (χ3n) is 4.15. The molecule has 1 aromatic carbocycles. The molecule has 3 rings (SSSR count). The maximum Gasteiger partial charge on any atom is 0.191 e. The maximum absolute atomic E-state index is 12.4. The fourth-order valence-electron chi connectivity index (χ4n) is 2.65. The molecule has 2 aromatic heterocycles. The summed E-state index contributed by atoms with van der Waals surface area (Å²) in [6, 6.07) is 11.7. The van der Waals surface area contributed by atoms with Crippen molar-refractivity contribution < 1.29 is 9.53 Å². The molecule has 0 aliphatic heterocycles. The Labute approximate surface area is 167 Å². The van der Waals surface area contributed by atoms with Gasteiger partial charge in [0.05, 0.1) is 17.7 Å². The summed E-state index contributed by atoms with van der Waals surface area (Å²) < 4.78 is 7.34. The SMILES string of the molecule is CCCCn1c(SCC(=O)c2ccc(C)s2)nnc1-c1ccc(OC)cc1. The van der Waals surface area contributed by atoms with E-state index >= 15 is 0 Å². The highest BCUT2D eigenvalue weighted by Gasteiger charge is 2.16. The Morgan fingerprint density at radius 2 is 1.96 bits per heavy atom. The predicted octanol–water partition coefficient (Wildman–Crippen LogP) is 5.10. The fourth-order valence-corrected chi connectivity index (χ4v) is 4.40. The van der Waals surface area contributed by atoms with Crippen molar-refractivity contribution in [3.8, 4) is 17.1 Å². The molecule has 3 aromatic rings. The van der Waals surface area contributed by atoms with E-state index in [1.807, 2.05) is 43.3 Å². The summed E-state index contributed by atoms with van der Waals surface area (Å²) in [4.78, 5) is 14.4. The second-order valence-corrected chi connectivity index (χ2v) is 8.39. The lowest BCUT2D eigenvalue weighted by molar-refractivity contribution is 0.102. The zero-order valence-corrected chi connectivity index (χ0v) is 17.4. The lowest BCUT2D eigenvalue weighted by atomic mass is 10.2. The first-order chi connectivity index (χ1) is 13.1. The van der Waals surface area contributed by atoms with Gasteiger partial charge in [0.2, 0.25) is 0 Å². The summed E-state index contributed by atoms with van der Waals surface area (Å²) in [7, 11) is 1.65. The minimum atomic E-state index is 0.133. The number of aromatic nitrogens is 3. The minimum absolute atomic E-state index is 0.133. The number of ketones is 1. The van der Waals surface area contributed by atoms with E-state index in [-0.39, 0.29) is 5.78 Å². The molecule has 0 atom stereocenters. The number of thiophene rings is 1. The Balaban J connectivity index is 1.79. The van der Waals surface area contributed by atoms with Crippen molar-refractivity contribution in [3.05, 3.63) is 46.2 Å². The molecule has 0 aliphatic carbocycles. The zero-order valence-electron chi connectivity index (χ0n) is 15.8. The molecule has 0 fully saturated rings. The number of carbonyl (C=O) groups is 1. The number of unbranched alkanes of at least 4 members (excludes halogenated alkanes) is 1. The number of methoxy groups -OCH3 is 1. The van der Waals surface area contributed by atoms with E-state index in [1.54, 1.807) is 7.11 Å². The van der Waals surface area contributed by atoms with E-state index in [2.05, 4.69) is 21.7 Å². The molecule has 0 aliphatic rings. The van der Waals surface area contributed by atoms with Gasteiger partial charge in [-0.05, 0) is 49.7 Å². The fraction of sp³-hybridized carbons (Fsp3) is 0.350. The van der Waals surface area contributed by atoms with Gasteiger partial charge in [0.25, 0.3) is 0 Å². The van der Waals surface area contributed by atoms with Crippen molar-refractivity contribution >= 4 is 28.9 Å². The quantitative estimate of drug-likeness (QED) is 0.369. The first kappa shape index (κ1) is 19.6. The lowest BCUT2D eigenvalue weighted by Gasteiger charge is -2.10. The first-order valence-electron chi connectivity index (χ1n) is 8.92. The Bertz CT molecular complexity index is 900. The van der Waals surface area contributed by atoms with Gasteiger partial charge in [-0.3, -0.25) is 4.79 Å². The number of benzene rings is 1. The van der Waals surface area contributed by atoms with E-state index < -0.39 is 0 Å². The summed E-state index contributed by atoms with van der Waals surface area (Å²) in [6.45, 7) is 5.00.